The molecule has 1 aromatic heterocycles. The van der Waals surface area contributed by atoms with Crippen molar-refractivity contribution in [2.24, 2.45) is 0 Å². The van der Waals surface area contributed by atoms with Crippen LogP contribution in [0.15, 0.2) is 73.1 Å². The van der Waals surface area contributed by atoms with Gasteiger partial charge in [-0.15, -0.1) is 0 Å². The Kier molecular flexibility index (Phi) is 8.65. The number of rotatable bonds is 9. The molecule has 0 unspecified atom stereocenters. The predicted octanol–water partition coefficient (Wildman–Crippen LogP) is 7.44. The Morgan fingerprint density at radius 3 is 1.67 bits per heavy atom. The van der Waals surface area contributed by atoms with Crippen LogP contribution in [-0.4, -0.2) is 12.0 Å². The molecule has 0 atom stereocenters. The van der Waals surface area contributed by atoms with E-state index in [1.807, 2.05) is 19.6 Å². The number of hydrogen-bond donors (Lipinski definition) is 0. The molecule has 0 bridgehead atoms. The lowest BCUT2D eigenvalue weighted by molar-refractivity contribution is -0.577. The van der Waals surface area contributed by atoms with Crippen molar-refractivity contribution in [3.8, 4) is 23.2 Å². The Morgan fingerprint density at radius 2 is 1.21 bits per heavy atom. The summed E-state index contributed by atoms with van der Waals surface area (Å²) in [4.78, 5) is 0. The third kappa shape index (κ3) is 5.81. The summed E-state index contributed by atoms with van der Waals surface area (Å²) in [5.74, 6) is 2.12. The SMILES string of the molecule is CC(C)c1cccc(C(C)C)c1-n1cc[n+](-c2c(C(C)C)cccc2C(C)C)c1[B-]Oc1ccc(C#N)cc1. The molecule has 0 amide bonds. The van der Waals surface area contributed by atoms with Crippen molar-refractivity contribution in [1.82, 2.24) is 4.57 Å². The molecular weight excluding hydrogens is 477 g/mol. The van der Waals surface area contributed by atoms with Crippen molar-refractivity contribution in [3.05, 3.63) is 101 Å². The van der Waals surface area contributed by atoms with Gasteiger partial charge in [0.25, 0.3) is 0 Å². The molecule has 0 saturated carbocycles. The van der Waals surface area contributed by atoms with Gasteiger partial charge >= 0.3 is 0 Å². The van der Waals surface area contributed by atoms with Crippen molar-refractivity contribution >= 4 is 13.2 Å². The monoisotopic (exact) mass is 517 g/mol. The standard InChI is InChI=1S/C34H40BN3O/c1-22(2)28-11-9-12-29(23(3)4)32(28)37-19-20-38(33-30(24(5)6)13-10-14-31(33)25(7)8)34(37)35-39-27-17-15-26(21-36)16-18-27/h9-20,22-25H,1-8H3. The number of imidazole rings is 1. The molecule has 0 saturated heterocycles. The highest BCUT2D eigenvalue weighted by Crippen LogP contribution is 2.32. The molecule has 5 heteroatoms. The maximum Gasteiger partial charge on any atom is 0.135 e. The first-order valence-electron chi connectivity index (χ1n) is 14.0. The number of nitrogens with zero attached hydrogens (tertiary/aromatic N) is 3. The lowest BCUT2D eigenvalue weighted by atomic mass is 9.90. The van der Waals surface area contributed by atoms with Gasteiger partial charge in [0, 0.05) is 22.3 Å². The predicted molar refractivity (Wildman–Crippen MR) is 161 cm³/mol. The fraction of sp³-hybridized carbons (Fsp3) is 0.353. The minimum absolute atomic E-state index is 0.357. The van der Waals surface area contributed by atoms with Crippen LogP contribution < -0.4 is 14.9 Å². The summed E-state index contributed by atoms with van der Waals surface area (Å²) in [6, 6.07) is 22.7. The van der Waals surface area contributed by atoms with E-state index in [9.17, 15) is 5.26 Å². The molecule has 39 heavy (non-hydrogen) atoms. The van der Waals surface area contributed by atoms with Gasteiger partial charge in [-0.2, -0.15) is 5.26 Å². The Labute approximate surface area is 235 Å². The molecule has 1 heterocycles. The van der Waals surface area contributed by atoms with Gasteiger partial charge in [0.15, 0.2) is 0 Å². The third-order valence-electron chi connectivity index (χ3n) is 7.31. The lowest BCUT2D eigenvalue weighted by Gasteiger charge is -2.25. The summed E-state index contributed by atoms with van der Waals surface area (Å²) < 4.78 is 10.9. The topological polar surface area (TPSA) is 41.8 Å². The number of benzene rings is 3. The quantitative estimate of drug-likeness (QED) is 0.171. The van der Waals surface area contributed by atoms with Gasteiger partial charge in [-0.25, -0.2) is 9.13 Å². The van der Waals surface area contributed by atoms with E-state index in [0.717, 1.165) is 5.72 Å². The van der Waals surface area contributed by atoms with Crippen LogP contribution in [0.2, 0.25) is 0 Å². The highest BCUT2D eigenvalue weighted by molar-refractivity contribution is 6.44. The normalized spacial score (nSPS) is 11.6. The molecule has 0 aliphatic rings. The van der Waals surface area contributed by atoms with Crippen molar-refractivity contribution in [3.63, 3.8) is 0 Å². The summed E-state index contributed by atoms with van der Waals surface area (Å²) in [6.07, 6.45) is 4.34. The Hall–Kier alpha value is -3.78. The second-order valence-corrected chi connectivity index (χ2v) is 11.5. The zero-order valence-corrected chi connectivity index (χ0v) is 24.6. The van der Waals surface area contributed by atoms with Gasteiger partial charge in [0.1, 0.15) is 23.8 Å². The van der Waals surface area contributed by atoms with Crippen molar-refractivity contribution in [2.75, 3.05) is 0 Å². The molecule has 0 fully saturated rings. The van der Waals surface area contributed by atoms with E-state index in [4.69, 9.17) is 4.65 Å². The van der Waals surface area contributed by atoms with Gasteiger partial charge in [-0.3, -0.25) is 0 Å². The molecule has 0 N–H and O–H groups in total. The van der Waals surface area contributed by atoms with Gasteiger partial charge in [-0.1, -0.05) is 91.8 Å². The first-order chi connectivity index (χ1) is 18.6. The first kappa shape index (κ1) is 28.2. The minimum Gasteiger partial charge on any atom is -0.762 e. The molecule has 4 aromatic rings. The largest absolute Gasteiger partial charge is 0.762 e. The average molecular weight is 518 g/mol. The van der Waals surface area contributed by atoms with Crippen LogP contribution in [0, 0.1) is 11.3 Å². The Bertz CT molecular complexity index is 1340. The van der Waals surface area contributed by atoms with E-state index in [1.54, 1.807) is 12.1 Å². The smallest absolute Gasteiger partial charge is 0.135 e. The van der Waals surface area contributed by atoms with Gasteiger partial charge < -0.3 is 4.65 Å². The summed E-state index contributed by atoms with van der Waals surface area (Å²) in [5, 5.41) is 9.21. The molecule has 4 nitrogen and oxygen atoms in total. The van der Waals surface area contributed by atoms with Crippen LogP contribution in [0.3, 0.4) is 0 Å². The second kappa shape index (κ2) is 12.0. The zero-order valence-electron chi connectivity index (χ0n) is 24.6. The molecular formula is C34H40BN3O. The third-order valence-corrected chi connectivity index (χ3v) is 7.31. The zero-order chi connectivity index (χ0) is 28.3. The van der Waals surface area contributed by atoms with E-state index in [-0.39, 0.29) is 0 Å². The average Bonchev–Trinajstić information content (AvgIpc) is 3.34. The molecule has 200 valence electrons. The van der Waals surface area contributed by atoms with Crippen LogP contribution >= 0.6 is 0 Å². The minimum atomic E-state index is 0.357. The summed E-state index contributed by atoms with van der Waals surface area (Å²) >= 11 is 0. The molecule has 2 radical (unpaired) electrons. The van der Waals surface area contributed by atoms with E-state index in [2.05, 4.69) is 119 Å². The molecule has 0 aliphatic heterocycles. The maximum absolute atomic E-state index is 9.21. The fourth-order valence-electron chi connectivity index (χ4n) is 5.20. The summed E-state index contributed by atoms with van der Waals surface area (Å²) in [7, 11) is 1.85. The fourth-order valence-corrected chi connectivity index (χ4v) is 5.20. The van der Waals surface area contributed by atoms with E-state index in [0.29, 0.717) is 35.0 Å². The van der Waals surface area contributed by atoms with Crippen LogP contribution in [0.1, 0.15) is 107 Å². The summed E-state index contributed by atoms with van der Waals surface area (Å²) in [5.41, 5.74) is 9.19. The van der Waals surface area contributed by atoms with Crippen LogP contribution in [0.5, 0.6) is 5.75 Å². The van der Waals surface area contributed by atoms with Gasteiger partial charge in [-0.05, 0) is 47.9 Å². The van der Waals surface area contributed by atoms with Crippen LogP contribution in [0.25, 0.3) is 11.4 Å². The number of nitriles is 1. The molecule has 3 aromatic carbocycles. The highest BCUT2D eigenvalue weighted by atomic mass is 16.4. The van der Waals surface area contributed by atoms with Crippen molar-refractivity contribution < 1.29 is 9.22 Å². The number of aromatic nitrogens is 2. The molecule has 0 aliphatic carbocycles. The lowest BCUT2D eigenvalue weighted by Crippen LogP contribution is -2.53. The molecule has 0 spiro atoms. The Morgan fingerprint density at radius 1 is 0.718 bits per heavy atom. The van der Waals surface area contributed by atoms with E-state index in [1.165, 1.54) is 33.6 Å². The van der Waals surface area contributed by atoms with E-state index >= 15 is 0 Å². The van der Waals surface area contributed by atoms with Gasteiger partial charge in [0.2, 0.25) is 0 Å². The Balaban J connectivity index is 1.99. The summed E-state index contributed by atoms with van der Waals surface area (Å²) in [6.45, 7) is 18.0. The number of para-hydroxylation sites is 2. The van der Waals surface area contributed by atoms with Crippen LogP contribution in [0.4, 0.5) is 0 Å². The van der Waals surface area contributed by atoms with Crippen molar-refractivity contribution in [1.29, 1.82) is 5.26 Å². The van der Waals surface area contributed by atoms with Crippen molar-refractivity contribution in [2.45, 2.75) is 79.1 Å². The van der Waals surface area contributed by atoms with Gasteiger partial charge in [0.05, 0.1) is 30.6 Å². The van der Waals surface area contributed by atoms with Crippen LogP contribution in [-0.2, 0) is 0 Å². The highest BCUT2D eigenvalue weighted by Gasteiger charge is 2.25. The second-order valence-electron chi connectivity index (χ2n) is 11.5. The maximum atomic E-state index is 9.21. The number of hydrogen-bond acceptors (Lipinski definition) is 2. The molecule has 4 rings (SSSR count). The first-order valence-corrected chi connectivity index (χ1v) is 14.0. The van der Waals surface area contributed by atoms with E-state index < -0.39 is 0 Å².